The molecule has 3 heteroatoms. The van der Waals surface area contributed by atoms with Crippen molar-refractivity contribution in [1.82, 2.24) is 4.57 Å². The molecule has 0 saturated carbocycles. The molecular formula is C51H37NO2. The molecule has 3 aliphatic rings. The van der Waals surface area contributed by atoms with E-state index in [4.69, 9.17) is 8.83 Å². The van der Waals surface area contributed by atoms with E-state index in [0.29, 0.717) is 0 Å². The average molecular weight is 696 g/mol. The Labute approximate surface area is 313 Å². The first kappa shape index (κ1) is 30.2. The van der Waals surface area contributed by atoms with Gasteiger partial charge in [-0.1, -0.05) is 105 Å². The number of para-hydroxylation sites is 1. The smallest absolute Gasteiger partial charge is 0.143 e. The fraction of sp³-hybridized carbons (Fsp3) is 0.137. The van der Waals surface area contributed by atoms with Gasteiger partial charge in [0.1, 0.15) is 22.5 Å². The number of hydrogen-bond acceptors (Lipinski definition) is 2. The highest BCUT2D eigenvalue weighted by atomic mass is 16.3. The molecule has 0 aliphatic heterocycles. The van der Waals surface area contributed by atoms with E-state index < -0.39 is 0 Å². The summed E-state index contributed by atoms with van der Waals surface area (Å²) in [6.45, 7) is 4.71. The van der Waals surface area contributed by atoms with Crippen molar-refractivity contribution in [2.24, 2.45) is 0 Å². The first-order valence-corrected chi connectivity index (χ1v) is 19.3. The van der Waals surface area contributed by atoms with Crippen molar-refractivity contribution >= 4 is 56.0 Å². The summed E-state index contributed by atoms with van der Waals surface area (Å²) >= 11 is 0. The molecule has 3 heterocycles. The molecule has 0 bridgehead atoms. The minimum absolute atomic E-state index is 0.0928. The Kier molecular flexibility index (Phi) is 6.07. The van der Waals surface area contributed by atoms with Crippen LogP contribution in [-0.4, -0.2) is 4.57 Å². The predicted octanol–water partition coefficient (Wildman–Crippen LogP) is 13.8. The monoisotopic (exact) mass is 695 g/mol. The van der Waals surface area contributed by atoms with Gasteiger partial charge in [-0.2, -0.15) is 0 Å². The zero-order chi connectivity index (χ0) is 35.7. The molecule has 3 nitrogen and oxygen atoms in total. The Balaban J connectivity index is 1.07. The molecule has 0 spiro atoms. The molecule has 9 aromatic rings. The lowest BCUT2D eigenvalue weighted by molar-refractivity contribution is 0.546. The third kappa shape index (κ3) is 4.13. The third-order valence-corrected chi connectivity index (χ3v) is 12.5. The van der Waals surface area contributed by atoms with Gasteiger partial charge in [0.15, 0.2) is 0 Å². The van der Waals surface area contributed by atoms with Gasteiger partial charge >= 0.3 is 0 Å². The van der Waals surface area contributed by atoms with E-state index >= 15 is 0 Å². The molecule has 0 radical (unpaired) electrons. The van der Waals surface area contributed by atoms with Crippen molar-refractivity contribution in [3.8, 4) is 39.1 Å². The lowest BCUT2D eigenvalue weighted by atomic mass is 9.81. The second kappa shape index (κ2) is 10.9. The fourth-order valence-corrected chi connectivity index (χ4v) is 9.85. The second-order valence-corrected chi connectivity index (χ2v) is 15.9. The molecule has 12 rings (SSSR count). The number of hydrogen-bond donors (Lipinski definition) is 0. The van der Waals surface area contributed by atoms with Crippen LogP contribution in [0.25, 0.3) is 95.0 Å². The van der Waals surface area contributed by atoms with Gasteiger partial charge in [-0.05, 0) is 107 Å². The topological polar surface area (TPSA) is 31.2 Å². The molecule has 0 unspecified atom stereocenters. The van der Waals surface area contributed by atoms with Crippen LogP contribution in [0, 0.1) is 0 Å². The highest BCUT2D eigenvalue weighted by Gasteiger charge is 2.35. The maximum Gasteiger partial charge on any atom is 0.143 e. The molecule has 0 saturated heterocycles. The predicted molar refractivity (Wildman–Crippen MR) is 223 cm³/mol. The van der Waals surface area contributed by atoms with Crippen molar-refractivity contribution in [2.45, 2.75) is 44.9 Å². The number of nitrogens with zero attached hydrogens (tertiary/aromatic N) is 1. The quantitative estimate of drug-likeness (QED) is 0.184. The van der Waals surface area contributed by atoms with Crippen LogP contribution in [0.15, 0.2) is 136 Å². The molecule has 3 aliphatic carbocycles. The molecule has 0 fully saturated rings. The van der Waals surface area contributed by atoms with E-state index in [1.165, 1.54) is 77.7 Å². The minimum atomic E-state index is -0.0928. The summed E-state index contributed by atoms with van der Waals surface area (Å²) in [5.41, 5.74) is 19.2. The zero-order valence-corrected chi connectivity index (χ0v) is 30.4. The number of fused-ring (bicyclic) bond motifs is 12. The third-order valence-electron chi connectivity index (χ3n) is 12.5. The van der Waals surface area contributed by atoms with Crippen LogP contribution in [0.1, 0.15) is 60.4 Å². The summed E-state index contributed by atoms with van der Waals surface area (Å²) in [5, 5.41) is 4.77. The van der Waals surface area contributed by atoms with E-state index in [9.17, 15) is 0 Å². The molecule has 6 aromatic carbocycles. The Morgan fingerprint density at radius 3 is 2.20 bits per heavy atom. The van der Waals surface area contributed by atoms with Gasteiger partial charge in [0, 0.05) is 61.5 Å². The molecule has 3 aromatic heterocycles. The summed E-state index contributed by atoms with van der Waals surface area (Å²) in [7, 11) is 0. The van der Waals surface area contributed by atoms with Crippen LogP contribution >= 0.6 is 0 Å². The zero-order valence-electron chi connectivity index (χ0n) is 30.4. The minimum Gasteiger partial charge on any atom is -0.460 e. The summed E-state index contributed by atoms with van der Waals surface area (Å²) in [6, 6.07) is 42.8. The Hall–Kier alpha value is -6.32. The van der Waals surface area contributed by atoms with Gasteiger partial charge in [-0.25, -0.2) is 0 Å². The van der Waals surface area contributed by atoms with E-state index in [0.717, 1.165) is 64.5 Å². The molecular weight excluding hydrogens is 659 g/mol. The van der Waals surface area contributed by atoms with Crippen LogP contribution in [0.5, 0.6) is 0 Å². The van der Waals surface area contributed by atoms with Crippen molar-refractivity contribution in [1.29, 1.82) is 0 Å². The van der Waals surface area contributed by atoms with Gasteiger partial charge in [-0.3, -0.25) is 0 Å². The lowest BCUT2D eigenvalue weighted by Crippen LogP contribution is -2.14. The Morgan fingerprint density at radius 2 is 1.28 bits per heavy atom. The first-order chi connectivity index (χ1) is 26.5. The van der Waals surface area contributed by atoms with Gasteiger partial charge in [0.05, 0.1) is 5.52 Å². The summed E-state index contributed by atoms with van der Waals surface area (Å²) in [6.07, 6.45) is 13.2. The van der Waals surface area contributed by atoms with Crippen LogP contribution in [0.3, 0.4) is 0 Å². The van der Waals surface area contributed by atoms with Crippen molar-refractivity contribution in [2.75, 3.05) is 0 Å². The average Bonchev–Trinajstić information content (AvgIpc) is 3.94. The number of allylic oxidation sites excluding steroid dienone is 2. The van der Waals surface area contributed by atoms with E-state index in [1.807, 2.05) is 0 Å². The van der Waals surface area contributed by atoms with E-state index in [2.05, 4.69) is 158 Å². The molecule has 54 heavy (non-hydrogen) atoms. The van der Waals surface area contributed by atoms with E-state index in [-0.39, 0.29) is 5.41 Å². The standard InChI is InChI=1S/C51H37NO2/c1-51(2)43-15-7-3-11-34(43)35-22-19-32(27-44(35)51)39-28-33(29-42-38-14-6-10-18-48(38)54-50(39)42)52-45-16-8-4-12-36(45)40-25-30(20-23-46(40)52)31-21-24-49-41(26-31)37-13-5-9-17-47(37)53-49/h3-7,10-15,18-29H,8-9,16-17H2,1-2H3. The van der Waals surface area contributed by atoms with Crippen molar-refractivity contribution in [3.05, 3.63) is 161 Å². The highest BCUT2D eigenvalue weighted by molar-refractivity contribution is 6.11. The van der Waals surface area contributed by atoms with Crippen LogP contribution in [0.4, 0.5) is 0 Å². The van der Waals surface area contributed by atoms with Crippen LogP contribution < -0.4 is 0 Å². The van der Waals surface area contributed by atoms with Crippen molar-refractivity contribution in [3.63, 3.8) is 0 Å². The highest BCUT2D eigenvalue weighted by Crippen LogP contribution is 2.50. The number of aromatic nitrogens is 1. The largest absolute Gasteiger partial charge is 0.460 e. The number of rotatable bonds is 3. The molecule has 0 amide bonds. The number of furan rings is 2. The SMILES string of the molecule is CC1(C)c2ccccc2-c2ccc(-c3cc(-n4c5c(c6cc(-c7ccc8oc9c(c8c7)C=CCC9)ccc64)C=CCC5)cc4c3oc3ccccc34)cc21. The van der Waals surface area contributed by atoms with Crippen LogP contribution in [0.2, 0.25) is 0 Å². The normalized spacial score (nSPS) is 15.3. The summed E-state index contributed by atoms with van der Waals surface area (Å²) in [4.78, 5) is 0. The second-order valence-electron chi connectivity index (χ2n) is 15.9. The lowest BCUT2D eigenvalue weighted by Gasteiger charge is -2.22. The maximum atomic E-state index is 6.74. The molecule has 0 N–H and O–H groups in total. The first-order valence-electron chi connectivity index (χ1n) is 19.3. The Bertz CT molecular complexity index is 3140. The van der Waals surface area contributed by atoms with Gasteiger partial charge in [0.25, 0.3) is 0 Å². The Morgan fingerprint density at radius 1 is 0.537 bits per heavy atom. The van der Waals surface area contributed by atoms with Gasteiger partial charge in [0.2, 0.25) is 0 Å². The maximum absolute atomic E-state index is 6.74. The number of benzene rings is 6. The fourth-order valence-electron chi connectivity index (χ4n) is 9.85. The molecule has 258 valence electrons. The number of aryl methyl sites for hydroxylation is 1. The van der Waals surface area contributed by atoms with Gasteiger partial charge in [-0.15, -0.1) is 0 Å². The summed E-state index contributed by atoms with van der Waals surface area (Å²) < 4.78 is 15.5. The van der Waals surface area contributed by atoms with Crippen LogP contribution in [-0.2, 0) is 18.3 Å². The molecule has 0 atom stereocenters. The van der Waals surface area contributed by atoms with Gasteiger partial charge < -0.3 is 13.4 Å². The van der Waals surface area contributed by atoms with E-state index in [1.54, 1.807) is 0 Å². The van der Waals surface area contributed by atoms with Crippen molar-refractivity contribution < 1.29 is 8.83 Å². The summed E-state index contributed by atoms with van der Waals surface area (Å²) in [5.74, 6) is 1.10.